The zero-order valence-electron chi connectivity index (χ0n) is 11.4. The molecule has 1 unspecified atom stereocenters. The minimum atomic E-state index is -0.792. The Balaban J connectivity index is 1.92. The van der Waals surface area contributed by atoms with Crippen molar-refractivity contribution in [1.82, 2.24) is 10.3 Å². The quantitative estimate of drug-likeness (QED) is 0.831. The standard InChI is InChI=1S/C15H15ClN2O3/c1-21-12-5-2-10(3-6-12)13(19)9-18-15(20)11-4-7-14(16)17-8-11/h2-8,13,19H,9H2,1H3,(H,18,20). The Hall–Kier alpha value is -2.11. The van der Waals surface area contributed by atoms with Gasteiger partial charge in [0, 0.05) is 12.7 Å². The Labute approximate surface area is 127 Å². The first-order valence-electron chi connectivity index (χ1n) is 6.32. The molecule has 21 heavy (non-hydrogen) atoms. The van der Waals surface area contributed by atoms with Crippen molar-refractivity contribution in [2.45, 2.75) is 6.10 Å². The largest absolute Gasteiger partial charge is 0.497 e. The molecule has 110 valence electrons. The lowest BCUT2D eigenvalue weighted by Gasteiger charge is -2.12. The Bertz CT molecular complexity index is 599. The van der Waals surface area contributed by atoms with E-state index in [-0.39, 0.29) is 12.5 Å². The van der Waals surface area contributed by atoms with Gasteiger partial charge < -0.3 is 15.2 Å². The fraction of sp³-hybridized carbons (Fsp3) is 0.200. The van der Waals surface area contributed by atoms with Crippen molar-refractivity contribution in [3.8, 4) is 5.75 Å². The van der Waals surface area contributed by atoms with Crippen LogP contribution in [-0.4, -0.2) is 29.7 Å². The van der Waals surface area contributed by atoms with E-state index in [1.165, 1.54) is 12.3 Å². The van der Waals surface area contributed by atoms with E-state index in [4.69, 9.17) is 16.3 Å². The van der Waals surface area contributed by atoms with E-state index in [2.05, 4.69) is 10.3 Å². The summed E-state index contributed by atoms with van der Waals surface area (Å²) in [6, 6.07) is 10.1. The van der Waals surface area contributed by atoms with Crippen LogP contribution in [0, 0.1) is 0 Å². The first kappa shape index (κ1) is 15.3. The molecule has 1 aromatic heterocycles. The average molecular weight is 307 g/mol. The highest BCUT2D eigenvalue weighted by Gasteiger charge is 2.11. The van der Waals surface area contributed by atoms with Crippen molar-refractivity contribution in [3.05, 3.63) is 58.9 Å². The highest BCUT2D eigenvalue weighted by atomic mass is 35.5. The fourth-order valence-electron chi connectivity index (χ4n) is 1.75. The SMILES string of the molecule is COc1ccc(C(O)CNC(=O)c2ccc(Cl)nc2)cc1. The lowest BCUT2D eigenvalue weighted by atomic mass is 10.1. The maximum absolute atomic E-state index is 11.9. The van der Waals surface area contributed by atoms with Crippen LogP contribution in [0.1, 0.15) is 22.0 Å². The van der Waals surface area contributed by atoms with Gasteiger partial charge in [-0.05, 0) is 29.8 Å². The normalized spacial score (nSPS) is 11.8. The summed E-state index contributed by atoms with van der Waals surface area (Å²) in [4.78, 5) is 15.7. The summed E-state index contributed by atoms with van der Waals surface area (Å²) in [7, 11) is 1.58. The molecule has 0 spiro atoms. The molecule has 2 aromatic rings. The number of amides is 1. The lowest BCUT2D eigenvalue weighted by molar-refractivity contribution is 0.0916. The summed E-state index contributed by atoms with van der Waals surface area (Å²) in [5.41, 5.74) is 1.09. The zero-order chi connectivity index (χ0) is 15.2. The van der Waals surface area contributed by atoms with E-state index in [1.807, 2.05) is 0 Å². The summed E-state index contributed by atoms with van der Waals surface area (Å²) in [5.74, 6) is 0.397. The predicted octanol–water partition coefficient (Wildman–Crippen LogP) is 2.21. The fourth-order valence-corrected chi connectivity index (χ4v) is 1.86. The number of pyridine rings is 1. The van der Waals surface area contributed by atoms with E-state index in [0.29, 0.717) is 22.0 Å². The summed E-state index contributed by atoms with van der Waals surface area (Å²) >= 11 is 5.66. The van der Waals surface area contributed by atoms with Crippen molar-refractivity contribution in [1.29, 1.82) is 0 Å². The van der Waals surface area contributed by atoms with Gasteiger partial charge in [0.15, 0.2) is 0 Å². The van der Waals surface area contributed by atoms with Crippen molar-refractivity contribution in [2.75, 3.05) is 13.7 Å². The minimum Gasteiger partial charge on any atom is -0.497 e. The molecule has 1 atom stereocenters. The van der Waals surface area contributed by atoms with Crippen LogP contribution in [0.2, 0.25) is 5.15 Å². The smallest absolute Gasteiger partial charge is 0.252 e. The molecule has 2 N–H and O–H groups in total. The number of nitrogens with zero attached hydrogens (tertiary/aromatic N) is 1. The molecule has 2 rings (SSSR count). The van der Waals surface area contributed by atoms with Crippen molar-refractivity contribution < 1.29 is 14.6 Å². The van der Waals surface area contributed by atoms with Crippen molar-refractivity contribution in [2.24, 2.45) is 0 Å². The number of hydrogen-bond donors (Lipinski definition) is 2. The minimum absolute atomic E-state index is 0.105. The van der Waals surface area contributed by atoms with Gasteiger partial charge in [0.2, 0.25) is 0 Å². The molecule has 0 saturated carbocycles. The second-order valence-electron chi connectivity index (χ2n) is 4.37. The number of nitrogens with one attached hydrogen (secondary N) is 1. The number of rotatable bonds is 5. The molecule has 0 bridgehead atoms. The topological polar surface area (TPSA) is 71.5 Å². The maximum atomic E-state index is 11.9. The highest BCUT2D eigenvalue weighted by Crippen LogP contribution is 2.17. The molecule has 0 aliphatic rings. The third-order valence-electron chi connectivity index (χ3n) is 2.95. The Morgan fingerprint density at radius 3 is 2.62 bits per heavy atom. The molecule has 0 aliphatic heterocycles. The monoisotopic (exact) mass is 306 g/mol. The van der Waals surface area contributed by atoms with Crippen LogP contribution in [0.4, 0.5) is 0 Å². The van der Waals surface area contributed by atoms with Gasteiger partial charge in [-0.15, -0.1) is 0 Å². The van der Waals surface area contributed by atoms with Gasteiger partial charge in [-0.2, -0.15) is 0 Å². The van der Waals surface area contributed by atoms with Crippen LogP contribution in [0.5, 0.6) is 5.75 Å². The first-order valence-corrected chi connectivity index (χ1v) is 6.69. The van der Waals surface area contributed by atoms with E-state index in [0.717, 1.165) is 0 Å². The molecule has 1 amide bonds. The Morgan fingerprint density at radius 2 is 2.05 bits per heavy atom. The second kappa shape index (κ2) is 7.06. The summed E-state index contributed by atoms with van der Waals surface area (Å²) in [6.07, 6.45) is 0.595. The molecular formula is C15H15ClN2O3. The van der Waals surface area contributed by atoms with Crippen LogP contribution in [0.15, 0.2) is 42.6 Å². The molecule has 1 heterocycles. The van der Waals surface area contributed by atoms with Gasteiger partial charge in [-0.25, -0.2) is 4.98 Å². The third-order valence-corrected chi connectivity index (χ3v) is 3.17. The first-order chi connectivity index (χ1) is 10.1. The van der Waals surface area contributed by atoms with Crippen LogP contribution in [0.3, 0.4) is 0 Å². The van der Waals surface area contributed by atoms with E-state index in [9.17, 15) is 9.90 Å². The van der Waals surface area contributed by atoms with Crippen molar-refractivity contribution in [3.63, 3.8) is 0 Å². The number of carbonyl (C=O) groups excluding carboxylic acids is 1. The van der Waals surface area contributed by atoms with Gasteiger partial charge >= 0.3 is 0 Å². The molecule has 0 saturated heterocycles. The number of aliphatic hydroxyl groups is 1. The predicted molar refractivity (Wildman–Crippen MR) is 79.5 cm³/mol. The van der Waals surface area contributed by atoms with Crippen LogP contribution >= 0.6 is 11.6 Å². The average Bonchev–Trinajstić information content (AvgIpc) is 2.53. The van der Waals surface area contributed by atoms with Crippen molar-refractivity contribution >= 4 is 17.5 Å². The third kappa shape index (κ3) is 4.18. The number of ether oxygens (including phenoxy) is 1. The number of aliphatic hydroxyl groups excluding tert-OH is 1. The second-order valence-corrected chi connectivity index (χ2v) is 4.76. The summed E-state index contributed by atoms with van der Waals surface area (Å²) < 4.78 is 5.05. The number of aromatic nitrogens is 1. The molecule has 6 heteroatoms. The maximum Gasteiger partial charge on any atom is 0.252 e. The molecule has 1 aromatic carbocycles. The Morgan fingerprint density at radius 1 is 1.33 bits per heavy atom. The number of hydrogen-bond acceptors (Lipinski definition) is 4. The van der Waals surface area contributed by atoms with Gasteiger partial charge in [-0.3, -0.25) is 4.79 Å². The molecular weight excluding hydrogens is 292 g/mol. The zero-order valence-corrected chi connectivity index (χ0v) is 12.2. The van der Waals surface area contributed by atoms with Gasteiger partial charge in [-0.1, -0.05) is 23.7 Å². The van der Waals surface area contributed by atoms with Gasteiger partial charge in [0.05, 0.1) is 18.8 Å². The summed E-state index contributed by atoms with van der Waals surface area (Å²) in [5, 5.41) is 13.0. The lowest BCUT2D eigenvalue weighted by Crippen LogP contribution is -2.28. The molecule has 0 radical (unpaired) electrons. The number of benzene rings is 1. The van der Waals surface area contributed by atoms with Crippen LogP contribution in [-0.2, 0) is 0 Å². The van der Waals surface area contributed by atoms with Crippen LogP contribution in [0.25, 0.3) is 0 Å². The highest BCUT2D eigenvalue weighted by molar-refractivity contribution is 6.29. The molecule has 5 nitrogen and oxygen atoms in total. The summed E-state index contributed by atoms with van der Waals surface area (Å²) in [6.45, 7) is 0.105. The number of halogens is 1. The Kier molecular flexibility index (Phi) is 5.14. The molecule has 0 fully saturated rings. The number of carbonyl (C=O) groups is 1. The van der Waals surface area contributed by atoms with E-state index in [1.54, 1.807) is 37.4 Å². The molecule has 0 aliphatic carbocycles. The van der Waals surface area contributed by atoms with Crippen LogP contribution < -0.4 is 10.1 Å². The number of methoxy groups -OCH3 is 1. The van der Waals surface area contributed by atoms with Gasteiger partial charge in [0.1, 0.15) is 10.9 Å². The van der Waals surface area contributed by atoms with E-state index >= 15 is 0 Å². The van der Waals surface area contributed by atoms with E-state index < -0.39 is 6.10 Å². The van der Waals surface area contributed by atoms with Gasteiger partial charge in [0.25, 0.3) is 5.91 Å².